The second kappa shape index (κ2) is 10.9. The summed E-state index contributed by atoms with van der Waals surface area (Å²) in [6.45, 7) is 4.54. The minimum absolute atomic E-state index is 0.00704. The van der Waals surface area contributed by atoms with Gasteiger partial charge < -0.3 is 24.1 Å². The van der Waals surface area contributed by atoms with Crippen LogP contribution in [0.2, 0.25) is 0 Å². The summed E-state index contributed by atoms with van der Waals surface area (Å²) in [6, 6.07) is 7.03. The highest BCUT2D eigenvalue weighted by atomic mass is 16.5. The first-order valence-electron chi connectivity index (χ1n) is 13.1. The minimum atomic E-state index is -0.268. The van der Waals surface area contributed by atoms with E-state index in [2.05, 4.69) is 27.3 Å². The first kappa shape index (κ1) is 24.6. The highest BCUT2D eigenvalue weighted by Crippen LogP contribution is 2.46. The van der Waals surface area contributed by atoms with Gasteiger partial charge >= 0.3 is 0 Å². The fourth-order valence-electron chi connectivity index (χ4n) is 6.01. The molecule has 1 aromatic carbocycles. The Bertz CT molecular complexity index is 1090. The number of carbonyl (C=O) groups is 2. The number of benzene rings is 1. The summed E-state index contributed by atoms with van der Waals surface area (Å²) in [7, 11) is 1.66. The average molecular weight is 497 g/mol. The molecule has 0 saturated carbocycles. The van der Waals surface area contributed by atoms with Gasteiger partial charge in [0.1, 0.15) is 5.76 Å². The van der Waals surface area contributed by atoms with Crippen LogP contribution in [-0.4, -0.2) is 72.5 Å². The van der Waals surface area contributed by atoms with Gasteiger partial charge in [0.05, 0.1) is 20.3 Å². The van der Waals surface area contributed by atoms with Crippen LogP contribution in [0.3, 0.4) is 0 Å². The van der Waals surface area contributed by atoms with Crippen LogP contribution in [0.25, 0.3) is 0 Å². The van der Waals surface area contributed by atoms with Crippen molar-refractivity contribution in [1.82, 2.24) is 20.1 Å². The van der Waals surface area contributed by atoms with Gasteiger partial charge in [0, 0.05) is 31.6 Å². The molecule has 2 amide bonds. The van der Waals surface area contributed by atoms with Crippen molar-refractivity contribution in [3.63, 3.8) is 0 Å². The van der Waals surface area contributed by atoms with Gasteiger partial charge in [-0.25, -0.2) is 4.98 Å². The molecule has 0 aliphatic carbocycles. The molecular weight excluding hydrogens is 460 g/mol. The van der Waals surface area contributed by atoms with E-state index in [9.17, 15) is 9.59 Å². The maximum absolute atomic E-state index is 13.3. The number of hydrogen-bond donors (Lipinski definition) is 1. The molecule has 4 bridgehead atoms. The van der Waals surface area contributed by atoms with Crippen molar-refractivity contribution in [3.05, 3.63) is 41.6 Å². The first-order valence-corrected chi connectivity index (χ1v) is 13.1. The Morgan fingerprint density at radius 2 is 2.14 bits per heavy atom. The van der Waals surface area contributed by atoms with Crippen LogP contribution in [-0.2, 0) is 11.2 Å². The lowest BCUT2D eigenvalue weighted by Crippen LogP contribution is -2.43. The molecule has 0 unspecified atom stereocenters. The lowest BCUT2D eigenvalue weighted by Gasteiger charge is -2.25. The topological polar surface area (TPSA) is 97.1 Å². The number of carbonyl (C=O) groups excluding carboxylic acids is 2. The number of rotatable bonds is 3. The number of aromatic nitrogens is 1. The molecule has 3 aliphatic heterocycles. The molecule has 9 heteroatoms. The molecule has 1 aromatic heterocycles. The number of hydrogen-bond acceptors (Lipinski definition) is 7. The van der Waals surface area contributed by atoms with E-state index in [1.54, 1.807) is 12.0 Å². The zero-order valence-electron chi connectivity index (χ0n) is 21.2. The van der Waals surface area contributed by atoms with Crippen molar-refractivity contribution in [2.45, 2.75) is 57.5 Å². The Balaban J connectivity index is 1.38. The number of fused-ring (bicyclic) bond motifs is 8. The molecule has 3 aliphatic rings. The van der Waals surface area contributed by atoms with Gasteiger partial charge in [-0.1, -0.05) is 13.0 Å². The van der Waals surface area contributed by atoms with Crippen LogP contribution >= 0.6 is 0 Å². The number of amides is 2. The lowest BCUT2D eigenvalue weighted by atomic mass is 9.94. The lowest BCUT2D eigenvalue weighted by molar-refractivity contribution is -0.122. The van der Waals surface area contributed by atoms with E-state index in [-0.39, 0.29) is 24.1 Å². The molecule has 194 valence electrons. The highest BCUT2D eigenvalue weighted by Gasteiger charge is 2.44. The maximum atomic E-state index is 13.3. The molecule has 3 atom stereocenters. The smallest absolute Gasteiger partial charge is 0.276 e. The first-order chi connectivity index (χ1) is 17.6. The van der Waals surface area contributed by atoms with Crippen LogP contribution < -0.4 is 14.8 Å². The Kier molecular flexibility index (Phi) is 7.46. The second-order valence-corrected chi connectivity index (χ2v) is 9.93. The SMILES string of the molecule is CCc1ocnc1C(=O)N1CCCCOc2cc(ccc2OC)[C@H]2C[C@H](CNC(=O)C1)[C@@H]1CCCN21. The molecule has 1 N–H and O–H groups in total. The summed E-state index contributed by atoms with van der Waals surface area (Å²) in [5, 5.41) is 3.14. The summed E-state index contributed by atoms with van der Waals surface area (Å²) in [4.78, 5) is 34.6. The van der Waals surface area contributed by atoms with Crippen molar-refractivity contribution in [2.24, 2.45) is 5.92 Å². The van der Waals surface area contributed by atoms with Crippen molar-refractivity contribution >= 4 is 11.8 Å². The number of oxazole rings is 1. The number of ether oxygens (including phenoxy) is 2. The van der Waals surface area contributed by atoms with Crippen LogP contribution in [0.5, 0.6) is 11.5 Å². The van der Waals surface area contributed by atoms with E-state index in [1.807, 2.05) is 13.0 Å². The van der Waals surface area contributed by atoms with Crippen molar-refractivity contribution in [2.75, 3.05) is 39.9 Å². The number of methoxy groups -OCH3 is 1. The molecule has 0 spiro atoms. The van der Waals surface area contributed by atoms with E-state index in [0.717, 1.165) is 37.3 Å². The zero-order chi connectivity index (χ0) is 25.1. The standard InChI is InChI=1S/C27H36N4O5/c1-3-22-26(29-17-36-22)27(33)30-10-4-5-12-35-24-14-18(8-9-23(24)34-2)21-13-19(15-28-25(32)16-30)20-7-6-11-31(20)21/h8-9,14,17,19-21H,3-7,10-13,15-16H2,1-2H3,(H,28,32)/t19-,20+,21-/m1/s1. The van der Waals surface area contributed by atoms with Gasteiger partial charge in [0.2, 0.25) is 5.91 Å². The van der Waals surface area contributed by atoms with E-state index < -0.39 is 0 Å². The summed E-state index contributed by atoms with van der Waals surface area (Å²) in [5.41, 5.74) is 1.53. The number of nitrogens with one attached hydrogen (secondary N) is 1. The molecule has 5 rings (SSSR count). The third-order valence-electron chi connectivity index (χ3n) is 7.81. The van der Waals surface area contributed by atoms with Crippen molar-refractivity contribution in [3.8, 4) is 11.5 Å². The molecule has 2 aromatic rings. The third-order valence-corrected chi connectivity index (χ3v) is 7.81. The van der Waals surface area contributed by atoms with Crippen molar-refractivity contribution < 1.29 is 23.5 Å². The second-order valence-electron chi connectivity index (χ2n) is 9.93. The molecule has 36 heavy (non-hydrogen) atoms. The van der Waals surface area contributed by atoms with Crippen LogP contribution in [0.4, 0.5) is 0 Å². The largest absolute Gasteiger partial charge is 0.493 e. The predicted molar refractivity (Wildman–Crippen MR) is 133 cm³/mol. The van der Waals surface area contributed by atoms with E-state index in [4.69, 9.17) is 13.9 Å². The molecule has 2 saturated heterocycles. The molecule has 0 radical (unpaired) electrons. The zero-order valence-corrected chi connectivity index (χ0v) is 21.2. The van der Waals surface area contributed by atoms with Crippen LogP contribution in [0, 0.1) is 5.92 Å². The molecule has 4 heterocycles. The Labute approximate surface area is 212 Å². The summed E-state index contributed by atoms with van der Waals surface area (Å²) >= 11 is 0. The monoisotopic (exact) mass is 496 g/mol. The summed E-state index contributed by atoms with van der Waals surface area (Å²) < 4.78 is 17.1. The van der Waals surface area contributed by atoms with E-state index >= 15 is 0 Å². The normalized spacial score (nSPS) is 25.2. The van der Waals surface area contributed by atoms with Gasteiger partial charge in [-0.3, -0.25) is 14.5 Å². The molecule has 2 fully saturated rings. The van der Waals surface area contributed by atoms with Crippen molar-refractivity contribution in [1.29, 1.82) is 0 Å². The van der Waals surface area contributed by atoms with E-state index in [0.29, 0.717) is 56.3 Å². The van der Waals surface area contributed by atoms with E-state index in [1.165, 1.54) is 18.4 Å². The van der Waals surface area contributed by atoms with Crippen LogP contribution in [0.15, 0.2) is 29.0 Å². The fourth-order valence-corrected chi connectivity index (χ4v) is 6.01. The van der Waals surface area contributed by atoms with Gasteiger partial charge in [-0.15, -0.1) is 0 Å². The number of nitrogens with zero attached hydrogens (tertiary/aromatic N) is 3. The van der Waals surface area contributed by atoms with Gasteiger partial charge in [-0.05, 0) is 62.3 Å². The summed E-state index contributed by atoms with van der Waals surface area (Å²) in [6.07, 6.45) is 6.59. The fraction of sp³-hybridized carbons (Fsp3) is 0.593. The minimum Gasteiger partial charge on any atom is -0.493 e. The maximum Gasteiger partial charge on any atom is 0.276 e. The Morgan fingerprint density at radius 3 is 2.97 bits per heavy atom. The van der Waals surface area contributed by atoms with Crippen LogP contribution in [0.1, 0.15) is 66.9 Å². The average Bonchev–Trinajstić information content (AvgIpc) is 3.62. The molecular formula is C27H36N4O5. The third kappa shape index (κ3) is 4.93. The Morgan fingerprint density at radius 1 is 1.25 bits per heavy atom. The quantitative estimate of drug-likeness (QED) is 0.697. The Hall–Kier alpha value is -3.07. The van der Waals surface area contributed by atoms with Gasteiger partial charge in [0.25, 0.3) is 5.91 Å². The number of aryl methyl sites for hydroxylation is 1. The highest BCUT2D eigenvalue weighted by molar-refractivity contribution is 5.95. The predicted octanol–water partition coefficient (Wildman–Crippen LogP) is 3.20. The van der Waals surface area contributed by atoms with Gasteiger partial charge in [-0.2, -0.15) is 0 Å². The molecule has 9 nitrogen and oxygen atoms in total. The summed E-state index contributed by atoms with van der Waals surface area (Å²) in [5.74, 6) is 2.00. The van der Waals surface area contributed by atoms with Gasteiger partial charge in [0.15, 0.2) is 23.6 Å².